The summed E-state index contributed by atoms with van der Waals surface area (Å²) in [6.45, 7) is 1.15. The van der Waals surface area contributed by atoms with Crippen LogP contribution in [0.1, 0.15) is 12.0 Å². The first-order valence-corrected chi connectivity index (χ1v) is 6.15. The minimum Gasteiger partial charge on any atom is -0.391 e. The van der Waals surface area contributed by atoms with E-state index in [1.807, 2.05) is 24.3 Å². The maximum Gasteiger partial charge on any atom is 0.227 e. The van der Waals surface area contributed by atoms with E-state index >= 15 is 0 Å². The molecule has 1 aliphatic heterocycles. The van der Waals surface area contributed by atoms with Crippen LogP contribution in [0.4, 0.5) is 0 Å². The van der Waals surface area contributed by atoms with Gasteiger partial charge in [-0.1, -0.05) is 34.1 Å². The van der Waals surface area contributed by atoms with Crippen molar-refractivity contribution >= 4 is 21.8 Å². The van der Waals surface area contributed by atoms with Crippen molar-refractivity contribution in [2.45, 2.75) is 18.9 Å². The molecule has 1 aromatic carbocycles. The van der Waals surface area contributed by atoms with Crippen LogP contribution < -0.4 is 0 Å². The number of aliphatic hydroxyl groups excluding tert-OH is 1. The average Bonchev–Trinajstić information content (AvgIpc) is 2.68. The van der Waals surface area contributed by atoms with E-state index < -0.39 is 0 Å². The lowest BCUT2D eigenvalue weighted by atomic mass is 10.1. The van der Waals surface area contributed by atoms with Gasteiger partial charge in [-0.05, 0) is 18.1 Å². The second-order valence-corrected chi connectivity index (χ2v) is 4.90. The molecule has 0 aromatic heterocycles. The van der Waals surface area contributed by atoms with Gasteiger partial charge in [0.05, 0.1) is 12.5 Å². The topological polar surface area (TPSA) is 40.5 Å². The minimum absolute atomic E-state index is 0.0865. The van der Waals surface area contributed by atoms with Crippen molar-refractivity contribution in [3.63, 3.8) is 0 Å². The monoisotopic (exact) mass is 283 g/mol. The first-order valence-electron chi connectivity index (χ1n) is 5.36. The van der Waals surface area contributed by atoms with Crippen molar-refractivity contribution in [1.29, 1.82) is 0 Å². The molecule has 0 spiro atoms. The Kier molecular flexibility index (Phi) is 3.61. The number of halogens is 1. The van der Waals surface area contributed by atoms with Crippen LogP contribution >= 0.6 is 15.9 Å². The van der Waals surface area contributed by atoms with E-state index in [4.69, 9.17) is 0 Å². The van der Waals surface area contributed by atoms with Gasteiger partial charge in [0.15, 0.2) is 0 Å². The second kappa shape index (κ2) is 4.97. The van der Waals surface area contributed by atoms with Crippen LogP contribution in [0.15, 0.2) is 28.7 Å². The number of carbonyl (C=O) groups excluding carboxylic acids is 1. The third-order valence-electron chi connectivity index (χ3n) is 2.82. The number of aliphatic hydroxyl groups is 1. The Morgan fingerprint density at radius 1 is 1.50 bits per heavy atom. The Morgan fingerprint density at radius 2 is 2.25 bits per heavy atom. The fourth-order valence-electron chi connectivity index (χ4n) is 1.88. The summed E-state index contributed by atoms with van der Waals surface area (Å²) in [4.78, 5) is 13.6. The maximum atomic E-state index is 11.9. The number of hydrogen-bond donors (Lipinski definition) is 1. The summed E-state index contributed by atoms with van der Waals surface area (Å²) >= 11 is 3.43. The van der Waals surface area contributed by atoms with E-state index in [-0.39, 0.29) is 12.0 Å². The molecule has 1 aliphatic rings. The summed E-state index contributed by atoms with van der Waals surface area (Å²) in [7, 11) is 0. The Morgan fingerprint density at radius 3 is 2.88 bits per heavy atom. The molecule has 0 radical (unpaired) electrons. The van der Waals surface area contributed by atoms with E-state index in [1.54, 1.807) is 4.90 Å². The van der Waals surface area contributed by atoms with Gasteiger partial charge in [-0.3, -0.25) is 4.79 Å². The number of carbonyl (C=O) groups is 1. The SMILES string of the molecule is O=C(Cc1ccccc1Br)N1CC[C@H](O)C1. The second-order valence-electron chi connectivity index (χ2n) is 4.05. The number of hydrogen-bond acceptors (Lipinski definition) is 2. The first-order chi connectivity index (χ1) is 7.66. The molecule has 1 aromatic rings. The van der Waals surface area contributed by atoms with Gasteiger partial charge in [-0.15, -0.1) is 0 Å². The molecule has 1 saturated heterocycles. The van der Waals surface area contributed by atoms with Crippen molar-refractivity contribution in [2.75, 3.05) is 13.1 Å². The third kappa shape index (κ3) is 2.62. The Balaban J connectivity index is 2.00. The lowest BCUT2D eigenvalue weighted by Crippen LogP contribution is -2.30. The van der Waals surface area contributed by atoms with Gasteiger partial charge in [0.2, 0.25) is 5.91 Å². The molecule has 16 heavy (non-hydrogen) atoms. The highest BCUT2D eigenvalue weighted by atomic mass is 79.9. The van der Waals surface area contributed by atoms with Gasteiger partial charge in [0.25, 0.3) is 0 Å². The quantitative estimate of drug-likeness (QED) is 0.896. The number of likely N-dealkylation sites (tertiary alicyclic amines) is 1. The number of rotatable bonds is 2. The summed E-state index contributed by atoms with van der Waals surface area (Å²) in [6, 6.07) is 7.72. The molecule has 1 amide bonds. The normalized spacial score (nSPS) is 20.1. The standard InChI is InChI=1S/C12H14BrNO2/c13-11-4-2-1-3-9(11)7-12(16)14-6-5-10(15)8-14/h1-4,10,15H,5-8H2/t10-/m0/s1. The third-order valence-corrected chi connectivity index (χ3v) is 3.59. The zero-order chi connectivity index (χ0) is 11.5. The van der Waals surface area contributed by atoms with Crippen LogP contribution in [0.3, 0.4) is 0 Å². The van der Waals surface area contributed by atoms with Crippen LogP contribution in [0, 0.1) is 0 Å². The highest BCUT2D eigenvalue weighted by molar-refractivity contribution is 9.10. The van der Waals surface area contributed by atoms with Gasteiger partial charge in [0.1, 0.15) is 0 Å². The maximum absolute atomic E-state index is 11.9. The predicted molar refractivity (Wildman–Crippen MR) is 65.0 cm³/mol. The number of nitrogens with zero attached hydrogens (tertiary/aromatic N) is 1. The van der Waals surface area contributed by atoms with Crippen molar-refractivity contribution in [3.05, 3.63) is 34.3 Å². The van der Waals surface area contributed by atoms with Crippen LogP contribution in [-0.4, -0.2) is 35.1 Å². The fraction of sp³-hybridized carbons (Fsp3) is 0.417. The van der Waals surface area contributed by atoms with Crippen molar-refractivity contribution < 1.29 is 9.90 Å². The Labute approximate surface area is 103 Å². The van der Waals surface area contributed by atoms with E-state index in [2.05, 4.69) is 15.9 Å². The molecule has 1 N–H and O–H groups in total. The highest BCUT2D eigenvalue weighted by Crippen LogP contribution is 2.18. The molecule has 0 bridgehead atoms. The molecule has 4 heteroatoms. The van der Waals surface area contributed by atoms with E-state index in [0.717, 1.165) is 10.0 Å². The lowest BCUT2D eigenvalue weighted by molar-refractivity contribution is -0.129. The summed E-state index contributed by atoms with van der Waals surface area (Å²) in [5.74, 6) is 0.0865. The van der Waals surface area contributed by atoms with Crippen molar-refractivity contribution in [3.8, 4) is 0 Å². The molecular formula is C12H14BrNO2. The number of benzene rings is 1. The van der Waals surface area contributed by atoms with Crippen LogP contribution in [0.25, 0.3) is 0 Å². The summed E-state index contributed by atoms with van der Waals surface area (Å²) in [5.41, 5.74) is 0.994. The van der Waals surface area contributed by atoms with Gasteiger partial charge in [-0.2, -0.15) is 0 Å². The van der Waals surface area contributed by atoms with Crippen molar-refractivity contribution in [1.82, 2.24) is 4.90 Å². The van der Waals surface area contributed by atoms with E-state index in [9.17, 15) is 9.90 Å². The number of amides is 1. The minimum atomic E-state index is -0.344. The van der Waals surface area contributed by atoms with Gasteiger partial charge < -0.3 is 10.0 Å². The molecule has 0 unspecified atom stereocenters. The Hall–Kier alpha value is -0.870. The highest BCUT2D eigenvalue weighted by Gasteiger charge is 2.24. The van der Waals surface area contributed by atoms with Gasteiger partial charge >= 0.3 is 0 Å². The zero-order valence-electron chi connectivity index (χ0n) is 8.90. The largest absolute Gasteiger partial charge is 0.391 e. The molecule has 1 heterocycles. The summed E-state index contributed by atoms with van der Waals surface area (Å²) in [6.07, 6.45) is 0.749. The van der Waals surface area contributed by atoms with Crippen molar-refractivity contribution in [2.24, 2.45) is 0 Å². The van der Waals surface area contributed by atoms with Crippen LogP contribution in [-0.2, 0) is 11.2 Å². The van der Waals surface area contributed by atoms with E-state index in [1.165, 1.54) is 0 Å². The smallest absolute Gasteiger partial charge is 0.227 e. The van der Waals surface area contributed by atoms with E-state index in [0.29, 0.717) is 25.9 Å². The lowest BCUT2D eigenvalue weighted by Gasteiger charge is -2.15. The van der Waals surface area contributed by atoms with Gasteiger partial charge in [0, 0.05) is 17.6 Å². The van der Waals surface area contributed by atoms with Gasteiger partial charge in [-0.25, -0.2) is 0 Å². The molecule has 2 rings (SSSR count). The first kappa shape index (κ1) is 11.6. The molecule has 0 aliphatic carbocycles. The Bertz CT molecular complexity index is 394. The molecule has 3 nitrogen and oxygen atoms in total. The zero-order valence-corrected chi connectivity index (χ0v) is 10.5. The summed E-state index contributed by atoms with van der Waals surface area (Å²) < 4.78 is 0.961. The molecule has 0 saturated carbocycles. The number of β-amino-alcohol motifs (C(OH)–C–C–N with tert-alkyl or cyclic N) is 1. The average molecular weight is 284 g/mol. The van der Waals surface area contributed by atoms with Crippen LogP contribution in [0.2, 0.25) is 0 Å². The molecule has 86 valence electrons. The van der Waals surface area contributed by atoms with Crippen LogP contribution in [0.5, 0.6) is 0 Å². The fourth-order valence-corrected chi connectivity index (χ4v) is 2.31. The predicted octanol–water partition coefficient (Wildman–Crippen LogP) is 1.58. The molecular weight excluding hydrogens is 270 g/mol. The molecule has 1 atom stereocenters. The summed E-state index contributed by atoms with van der Waals surface area (Å²) in [5, 5.41) is 9.37. The molecule has 1 fully saturated rings.